The molecule has 0 bridgehead atoms. The van der Waals surface area contributed by atoms with Crippen LogP contribution in [0.15, 0.2) is 30.5 Å². The second-order valence-corrected chi connectivity index (χ2v) is 7.06. The van der Waals surface area contributed by atoms with Gasteiger partial charge in [-0.1, -0.05) is 12.1 Å². The molecule has 2 rings (SSSR count). The highest BCUT2D eigenvalue weighted by molar-refractivity contribution is 5.88. The minimum absolute atomic E-state index is 0.0678. The molecule has 6 heteroatoms. The van der Waals surface area contributed by atoms with E-state index in [4.69, 9.17) is 9.47 Å². The van der Waals surface area contributed by atoms with Gasteiger partial charge in [-0.3, -0.25) is 9.88 Å². The van der Waals surface area contributed by atoms with Crippen LogP contribution < -0.4 is 9.64 Å². The van der Waals surface area contributed by atoms with E-state index in [1.54, 1.807) is 52.3 Å². The van der Waals surface area contributed by atoms with Crippen molar-refractivity contribution in [3.63, 3.8) is 0 Å². The normalized spacial score (nSPS) is 11.2. The highest BCUT2D eigenvalue weighted by Crippen LogP contribution is 2.28. The predicted octanol–water partition coefficient (Wildman–Crippen LogP) is 4.79. The Hall–Kier alpha value is -2.63. The molecular weight excluding hydrogens is 335 g/mol. The zero-order chi connectivity index (χ0) is 19.5. The molecule has 1 aromatic heterocycles. The summed E-state index contributed by atoms with van der Waals surface area (Å²) in [6.07, 6.45) is 1.04. The lowest BCUT2D eigenvalue weighted by atomic mass is 10.1. The largest absolute Gasteiger partial charge is 0.496 e. The molecule has 26 heavy (non-hydrogen) atoms. The molecule has 0 aliphatic rings. The highest BCUT2D eigenvalue weighted by Gasteiger charge is 2.27. The van der Waals surface area contributed by atoms with Crippen LogP contribution in [-0.2, 0) is 11.3 Å². The molecule has 0 saturated carbocycles. The molecule has 1 amide bonds. The van der Waals surface area contributed by atoms with Gasteiger partial charge in [0.2, 0.25) is 0 Å². The molecule has 2 aromatic rings. The van der Waals surface area contributed by atoms with Crippen molar-refractivity contribution in [3.8, 4) is 5.75 Å². The first kappa shape index (κ1) is 19.7. The summed E-state index contributed by atoms with van der Waals surface area (Å²) in [5.74, 6) is 0.197. The number of aryl methyl sites for hydroxylation is 1. The SMILES string of the molecule is COc1c(C)cnc(CN(C(=O)OC(C)(C)C)c2ccccc2F)c1C. The maximum absolute atomic E-state index is 14.4. The van der Waals surface area contributed by atoms with Crippen molar-refractivity contribution in [2.24, 2.45) is 0 Å². The number of ether oxygens (including phenoxy) is 2. The number of carbonyl (C=O) groups excluding carboxylic acids is 1. The van der Waals surface area contributed by atoms with Crippen molar-refractivity contribution < 1.29 is 18.7 Å². The lowest BCUT2D eigenvalue weighted by Gasteiger charge is -2.28. The molecule has 140 valence electrons. The summed E-state index contributed by atoms with van der Waals surface area (Å²) >= 11 is 0. The van der Waals surface area contributed by atoms with E-state index in [2.05, 4.69) is 4.98 Å². The first-order valence-electron chi connectivity index (χ1n) is 8.38. The van der Waals surface area contributed by atoms with Gasteiger partial charge in [-0.2, -0.15) is 0 Å². The van der Waals surface area contributed by atoms with Gasteiger partial charge in [-0.25, -0.2) is 9.18 Å². The molecule has 0 saturated heterocycles. The molecule has 1 aromatic carbocycles. The van der Waals surface area contributed by atoms with Gasteiger partial charge in [0, 0.05) is 17.3 Å². The number of pyridine rings is 1. The van der Waals surface area contributed by atoms with Gasteiger partial charge in [-0.05, 0) is 46.8 Å². The lowest BCUT2D eigenvalue weighted by Crippen LogP contribution is -2.37. The zero-order valence-corrected chi connectivity index (χ0v) is 16.1. The monoisotopic (exact) mass is 360 g/mol. The number of amides is 1. The number of carbonyl (C=O) groups is 1. The third-order valence-corrected chi connectivity index (χ3v) is 3.81. The summed E-state index contributed by atoms with van der Waals surface area (Å²) in [7, 11) is 1.58. The van der Waals surface area contributed by atoms with E-state index in [9.17, 15) is 9.18 Å². The first-order chi connectivity index (χ1) is 12.1. The van der Waals surface area contributed by atoms with Crippen LogP contribution in [0.5, 0.6) is 5.75 Å². The number of methoxy groups -OCH3 is 1. The lowest BCUT2D eigenvalue weighted by molar-refractivity contribution is 0.0575. The van der Waals surface area contributed by atoms with Gasteiger partial charge < -0.3 is 9.47 Å². The number of hydrogen-bond acceptors (Lipinski definition) is 4. The van der Waals surface area contributed by atoms with Crippen molar-refractivity contribution >= 4 is 11.8 Å². The maximum Gasteiger partial charge on any atom is 0.415 e. The fourth-order valence-corrected chi connectivity index (χ4v) is 2.62. The van der Waals surface area contributed by atoms with Crippen molar-refractivity contribution in [2.75, 3.05) is 12.0 Å². The molecule has 0 atom stereocenters. The Morgan fingerprint density at radius 3 is 2.46 bits per heavy atom. The van der Waals surface area contributed by atoms with Gasteiger partial charge in [0.25, 0.3) is 0 Å². The number of anilines is 1. The average molecular weight is 360 g/mol. The van der Waals surface area contributed by atoms with E-state index in [1.165, 1.54) is 11.0 Å². The first-order valence-corrected chi connectivity index (χ1v) is 8.38. The van der Waals surface area contributed by atoms with E-state index in [0.29, 0.717) is 11.4 Å². The molecule has 0 radical (unpaired) electrons. The number of halogens is 1. The van der Waals surface area contributed by atoms with Crippen LogP contribution in [0.1, 0.15) is 37.6 Å². The summed E-state index contributed by atoms with van der Waals surface area (Å²) in [5, 5.41) is 0. The topological polar surface area (TPSA) is 51.7 Å². The third kappa shape index (κ3) is 4.50. The van der Waals surface area contributed by atoms with Crippen LogP contribution in [0.2, 0.25) is 0 Å². The van der Waals surface area contributed by atoms with Crippen LogP contribution in [0, 0.1) is 19.7 Å². The second-order valence-electron chi connectivity index (χ2n) is 7.06. The van der Waals surface area contributed by atoms with Crippen molar-refractivity contribution in [1.82, 2.24) is 4.98 Å². The van der Waals surface area contributed by atoms with Crippen molar-refractivity contribution in [1.29, 1.82) is 0 Å². The Morgan fingerprint density at radius 1 is 1.23 bits per heavy atom. The molecule has 0 fully saturated rings. The summed E-state index contributed by atoms with van der Waals surface area (Å²) in [4.78, 5) is 18.4. The van der Waals surface area contributed by atoms with Gasteiger partial charge in [0.15, 0.2) is 0 Å². The standard InChI is InChI=1S/C20H25FN2O3/c1-13-11-22-16(14(2)18(13)25-6)12-23(19(24)26-20(3,4)5)17-10-8-7-9-15(17)21/h7-11H,12H2,1-6H3. The summed E-state index contributed by atoms with van der Waals surface area (Å²) < 4.78 is 25.2. The van der Waals surface area contributed by atoms with Gasteiger partial charge >= 0.3 is 6.09 Å². The highest BCUT2D eigenvalue weighted by atomic mass is 19.1. The summed E-state index contributed by atoms with van der Waals surface area (Å²) in [6, 6.07) is 6.10. The van der Waals surface area contributed by atoms with Crippen molar-refractivity contribution in [2.45, 2.75) is 46.8 Å². The fourth-order valence-electron chi connectivity index (χ4n) is 2.62. The zero-order valence-electron chi connectivity index (χ0n) is 16.1. The number of aromatic nitrogens is 1. The molecular formula is C20H25FN2O3. The summed E-state index contributed by atoms with van der Waals surface area (Å²) in [6.45, 7) is 9.13. The molecule has 0 unspecified atom stereocenters. The average Bonchev–Trinajstić information content (AvgIpc) is 2.54. The number of hydrogen-bond donors (Lipinski definition) is 0. The number of benzene rings is 1. The van der Waals surface area contributed by atoms with Crippen LogP contribution >= 0.6 is 0 Å². The van der Waals surface area contributed by atoms with E-state index >= 15 is 0 Å². The van der Waals surface area contributed by atoms with Crippen LogP contribution in [0.25, 0.3) is 0 Å². The third-order valence-electron chi connectivity index (χ3n) is 3.81. The molecule has 1 heterocycles. The molecule has 0 aliphatic carbocycles. The smallest absolute Gasteiger partial charge is 0.415 e. The van der Waals surface area contributed by atoms with Crippen LogP contribution in [-0.4, -0.2) is 23.8 Å². The Kier molecular flexibility index (Phi) is 5.85. The minimum Gasteiger partial charge on any atom is -0.496 e. The Morgan fingerprint density at radius 2 is 1.88 bits per heavy atom. The minimum atomic E-state index is -0.700. The van der Waals surface area contributed by atoms with Gasteiger partial charge in [-0.15, -0.1) is 0 Å². The molecule has 5 nitrogen and oxygen atoms in total. The Bertz CT molecular complexity index is 800. The number of nitrogens with zero attached hydrogens (tertiary/aromatic N) is 2. The Balaban J connectivity index is 2.46. The number of para-hydroxylation sites is 1. The fraction of sp³-hybridized carbons (Fsp3) is 0.400. The number of rotatable bonds is 4. The van der Waals surface area contributed by atoms with E-state index in [0.717, 1.165) is 11.1 Å². The van der Waals surface area contributed by atoms with Crippen LogP contribution in [0.3, 0.4) is 0 Å². The second kappa shape index (κ2) is 7.72. The van der Waals surface area contributed by atoms with E-state index < -0.39 is 17.5 Å². The molecule has 0 spiro atoms. The molecule has 0 aliphatic heterocycles. The predicted molar refractivity (Wildman–Crippen MR) is 99.1 cm³/mol. The van der Waals surface area contributed by atoms with E-state index in [1.807, 2.05) is 13.8 Å². The molecule has 0 N–H and O–H groups in total. The van der Waals surface area contributed by atoms with Gasteiger partial charge in [0.05, 0.1) is 25.0 Å². The van der Waals surface area contributed by atoms with E-state index in [-0.39, 0.29) is 12.2 Å². The Labute approximate surface area is 153 Å². The quantitative estimate of drug-likeness (QED) is 0.787. The van der Waals surface area contributed by atoms with Crippen molar-refractivity contribution in [3.05, 3.63) is 53.1 Å². The summed E-state index contributed by atoms with van der Waals surface area (Å²) in [5.41, 5.74) is 1.75. The van der Waals surface area contributed by atoms with Crippen LogP contribution in [0.4, 0.5) is 14.9 Å². The maximum atomic E-state index is 14.4. The van der Waals surface area contributed by atoms with Gasteiger partial charge in [0.1, 0.15) is 17.2 Å².